The molecule has 0 spiro atoms. The van der Waals surface area contributed by atoms with Gasteiger partial charge in [-0.05, 0) is 104 Å². The van der Waals surface area contributed by atoms with Gasteiger partial charge in [0.2, 0.25) is 5.91 Å². The predicted molar refractivity (Wildman–Crippen MR) is 199 cm³/mol. The molecule has 7 N–H and O–H groups in total. The molecule has 9 nitrogen and oxygen atoms in total. The molecule has 0 aromatic heterocycles. The van der Waals surface area contributed by atoms with E-state index in [1.165, 1.54) is 70.5 Å². The zero-order valence-corrected chi connectivity index (χ0v) is 31.3. The Hall–Kier alpha value is -1.52. The highest BCUT2D eigenvalue weighted by Gasteiger charge is 2.59. The maximum Gasteiger partial charge on any atom is 0.220 e. The van der Waals surface area contributed by atoms with E-state index < -0.39 is 0 Å². The molecule has 4 fully saturated rings. The maximum atomic E-state index is 13.2. The Balaban J connectivity index is 1.08. The van der Waals surface area contributed by atoms with E-state index in [1.54, 1.807) is 5.57 Å². The lowest BCUT2D eigenvalue weighted by molar-refractivity contribution is -0.122. The van der Waals surface area contributed by atoms with Crippen LogP contribution in [0.5, 0.6) is 0 Å². The summed E-state index contributed by atoms with van der Waals surface area (Å²) >= 11 is 0. The van der Waals surface area contributed by atoms with Gasteiger partial charge in [0.1, 0.15) is 6.29 Å². The second-order valence-electron chi connectivity index (χ2n) is 17.3. The Bertz CT molecular complexity index is 1080. The molecule has 1 aliphatic heterocycles. The third-order valence-corrected chi connectivity index (χ3v) is 13.9. The number of carbonyl (C=O) groups is 1. The van der Waals surface area contributed by atoms with Crippen LogP contribution >= 0.6 is 0 Å². The van der Waals surface area contributed by atoms with Gasteiger partial charge in [0.25, 0.3) is 0 Å². The number of hydrogen-bond donors (Lipinski definition) is 6. The molecule has 1 heterocycles. The van der Waals surface area contributed by atoms with Gasteiger partial charge < -0.3 is 11.1 Å². The average molecular weight is 669 g/mol. The lowest BCUT2D eigenvalue weighted by Crippen LogP contribution is -2.66. The van der Waals surface area contributed by atoms with Crippen LogP contribution in [-0.4, -0.2) is 76.0 Å². The van der Waals surface area contributed by atoms with Gasteiger partial charge in [-0.2, -0.15) is 0 Å². The first-order valence-electron chi connectivity index (χ1n) is 19.9. The van der Waals surface area contributed by atoms with Crippen LogP contribution in [0.25, 0.3) is 0 Å². The number of carbonyl (C=O) groups excluding carboxylic acids is 1. The van der Waals surface area contributed by atoms with Gasteiger partial charge in [-0.15, -0.1) is 0 Å². The number of aliphatic imine (C=N–C) groups is 1. The fourth-order valence-electron chi connectivity index (χ4n) is 11.1. The molecular formula is C39H72N8O. The highest BCUT2D eigenvalue weighted by Crippen LogP contribution is 2.67. The van der Waals surface area contributed by atoms with E-state index in [9.17, 15) is 4.79 Å². The van der Waals surface area contributed by atoms with E-state index in [0.29, 0.717) is 36.4 Å². The van der Waals surface area contributed by atoms with Crippen molar-refractivity contribution in [1.29, 1.82) is 0 Å². The van der Waals surface area contributed by atoms with E-state index in [0.717, 1.165) is 81.3 Å². The van der Waals surface area contributed by atoms with Crippen molar-refractivity contribution in [2.45, 2.75) is 118 Å². The van der Waals surface area contributed by atoms with Crippen molar-refractivity contribution >= 4 is 12.2 Å². The third-order valence-electron chi connectivity index (χ3n) is 13.9. The number of hydrogen-bond acceptors (Lipinski definition) is 7. The average Bonchev–Trinajstić information content (AvgIpc) is 3.39. The molecule has 48 heavy (non-hydrogen) atoms. The number of nitrogens with two attached hydrogens (primary N) is 1. The van der Waals surface area contributed by atoms with Gasteiger partial charge in [-0.1, -0.05) is 65.5 Å². The maximum absolute atomic E-state index is 13.2. The highest BCUT2D eigenvalue weighted by atomic mass is 16.1. The monoisotopic (exact) mass is 669 g/mol. The first kappa shape index (κ1) is 37.7. The van der Waals surface area contributed by atoms with Crippen LogP contribution < -0.4 is 32.3 Å². The van der Waals surface area contributed by atoms with Crippen molar-refractivity contribution < 1.29 is 4.79 Å². The molecule has 0 radical (unpaired) electrons. The molecule has 0 bridgehead atoms. The van der Waals surface area contributed by atoms with Crippen molar-refractivity contribution in [2.24, 2.45) is 63.0 Å². The minimum Gasteiger partial charge on any atom is -0.390 e. The Morgan fingerprint density at radius 2 is 1.83 bits per heavy atom. The van der Waals surface area contributed by atoms with E-state index in [-0.39, 0.29) is 12.2 Å². The van der Waals surface area contributed by atoms with Gasteiger partial charge in [0, 0.05) is 45.7 Å². The molecule has 5 rings (SSSR count). The molecule has 4 aliphatic carbocycles. The summed E-state index contributed by atoms with van der Waals surface area (Å²) in [6.07, 6.45) is 19.8. The Labute approximate surface area is 293 Å². The highest BCUT2D eigenvalue weighted by molar-refractivity contribution is 5.76. The summed E-state index contributed by atoms with van der Waals surface area (Å²) in [5.74, 6) is 5.94. The van der Waals surface area contributed by atoms with E-state index in [1.807, 2.05) is 0 Å². The summed E-state index contributed by atoms with van der Waals surface area (Å²) in [7, 11) is 0. The van der Waals surface area contributed by atoms with Crippen molar-refractivity contribution in [3.05, 3.63) is 11.6 Å². The van der Waals surface area contributed by atoms with Gasteiger partial charge in [-0.25, -0.2) is 0 Å². The van der Waals surface area contributed by atoms with Crippen LogP contribution in [0, 0.1) is 52.3 Å². The van der Waals surface area contributed by atoms with Crippen LogP contribution in [0.3, 0.4) is 0 Å². The van der Waals surface area contributed by atoms with Crippen LogP contribution in [0.1, 0.15) is 112 Å². The molecule has 274 valence electrons. The standard InChI is InChI=1S/C39H72N8O/c1-28(2)7-6-8-29(3)33-11-12-34-32-10-9-31-23-30(13-15-38(31,4)35(32)14-16-39(33,34)5)24-36(48)43-18-21-47(20-17-41-26-42-25-40)22-19-44-37-45-27-46-37/h9,25,28-30,32-35,37,41,44-46H,6-8,10-24,26-27H2,1-5H3,(H2,40,42)(H,43,48). The normalized spacial score (nSPS) is 34.1. The molecule has 8 unspecified atom stereocenters. The number of amides is 1. The van der Waals surface area contributed by atoms with Gasteiger partial charge in [0.05, 0.1) is 19.7 Å². The van der Waals surface area contributed by atoms with Gasteiger partial charge >= 0.3 is 0 Å². The van der Waals surface area contributed by atoms with Crippen LogP contribution in [-0.2, 0) is 4.79 Å². The SMILES string of the molecule is CC(C)CCCC(C)C1CCC2C3CC=C4CC(CC(=O)NCCN(CCNCN=CN)CCNC5NCN5)CCC4(C)C3CCC12C. The van der Waals surface area contributed by atoms with Crippen molar-refractivity contribution in [1.82, 2.24) is 31.5 Å². The first-order valence-corrected chi connectivity index (χ1v) is 19.9. The molecule has 0 aromatic carbocycles. The van der Waals surface area contributed by atoms with Crippen LogP contribution in [0.4, 0.5) is 0 Å². The van der Waals surface area contributed by atoms with Crippen LogP contribution in [0.2, 0.25) is 0 Å². The summed E-state index contributed by atoms with van der Waals surface area (Å²) in [6, 6.07) is 0. The summed E-state index contributed by atoms with van der Waals surface area (Å²) in [5.41, 5.74) is 7.95. The van der Waals surface area contributed by atoms with Crippen molar-refractivity contribution in [3.8, 4) is 0 Å². The lowest BCUT2D eigenvalue weighted by atomic mass is 9.46. The van der Waals surface area contributed by atoms with E-state index in [4.69, 9.17) is 5.73 Å². The Morgan fingerprint density at radius 3 is 2.58 bits per heavy atom. The van der Waals surface area contributed by atoms with Crippen molar-refractivity contribution in [2.75, 3.05) is 52.6 Å². The third kappa shape index (κ3) is 9.22. The molecular weight excluding hydrogens is 596 g/mol. The zero-order valence-electron chi connectivity index (χ0n) is 31.3. The van der Waals surface area contributed by atoms with E-state index in [2.05, 4.69) is 77.2 Å². The second kappa shape index (κ2) is 17.6. The summed E-state index contributed by atoms with van der Waals surface area (Å²) in [6.45, 7) is 19.1. The van der Waals surface area contributed by atoms with Gasteiger partial charge in [0.15, 0.2) is 0 Å². The molecule has 3 saturated carbocycles. The molecule has 5 aliphatic rings. The predicted octanol–water partition coefficient (Wildman–Crippen LogP) is 5.01. The molecule has 0 aromatic rings. The molecule has 8 atom stereocenters. The van der Waals surface area contributed by atoms with Crippen LogP contribution in [0.15, 0.2) is 16.6 Å². The number of allylic oxidation sites excluding steroid dienone is 2. The largest absolute Gasteiger partial charge is 0.390 e. The topological polar surface area (TPSA) is 119 Å². The number of nitrogens with one attached hydrogen (secondary N) is 5. The fourth-order valence-corrected chi connectivity index (χ4v) is 11.1. The summed E-state index contributed by atoms with van der Waals surface area (Å²) in [5, 5.41) is 16.6. The number of rotatable bonds is 19. The Kier molecular flexibility index (Phi) is 13.8. The molecule has 1 saturated heterocycles. The first-order chi connectivity index (χ1) is 23.1. The summed E-state index contributed by atoms with van der Waals surface area (Å²) < 4.78 is 0. The number of nitrogens with zero attached hydrogens (tertiary/aromatic N) is 2. The summed E-state index contributed by atoms with van der Waals surface area (Å²) in [4.78, 5) is 19.6. The van der Waals surface area contributed by atoms with Crippen molar-refractivity contribution in [3.63, 3.8) is 0 Å². The lowest BCUT2D eigenvalue weighted by Gasteiger charge is -2.58. The minimum atomic E-state index is 0.206. The second-order valence-corrected chi connectivity index (χ2v) is 17.3. The smallest absolute Gasteiger partial charge is 0.220 e. The zero-order chi connectivity index (χ0) is 34.1. The minimum absolute atomic E-state index is 0.206. The van der Waals surface area contributed by atoms with E-state index >= 15 is 0 Å². The van der Waals surface area contributed by atoms with Gasteiger partial charge in [-0.3, -0.25) is 36.0 Å². The fraction of sp³-hybridized carbons (Fsp3) is 0.897. The molecule has 9 heteroatoms. The quantitative estimate of drug-likeness (QED) is 0.0496. The molecule has 1 amide bonds. The number of fused-ring (bicyclic) bond motifs is 5. The Morgan fingerprint density at radius 1 is 1.04 bits per heavy atom.